The minimum Gasteiger partial charge on any atom is -0.508 e. The normalized spacial score (nSPS) is 11.5. The van der Waals surface area contributed by atoms with E-state index in [9.17, 15) is 5.11 Å². The minimum atomic E-state index is 0.251. The van der Waals surface area contributed by atoms with Crippen LogP contribution in [0.4, 0.5) is 11.5 Å². The molecule has 4 aromatic rings. The van der Waals surface area contributed by atoms with E-state index in [2.05, 4.69) is 20.4 Å². The molecule has 0 spiro atoms. The fraction of sp³-hybridized carbons (Fsp3) is 0.174. The van der Waals surface area contributed by atoms with Crippen molar-refractivity contribution in [2.75, 3.05) is 19.5 Å². The molecule has 4 rings (SSSR count). The summed E-state index contributed by atoms with van der Waals surface area (Å²) in [5.41, 5.74) is 3.72. The Hall–Kier alpha value is -4.07. The molecule has 0 amide bonds. The molecule has 3 aromatic heterocycles. The van der Waals surface area contributed by atoms with E-state index in [1.165, 1.54) is 0 Å². The molecule has 0 fully saturated rings. The van der Waals surface area contributed by atoms with E-state index >= 15 is 0 Å². The largest absolute Gasteiger partial charge is 0.508 e. The van der Waals surface area contributed by atoms with Crippen molar-refractivity contribution in [3.05, 3.63) is 66.5 Å². The highest BCUT2D eigenvalue weighted by Gasteiger charge is 2.13. The number of aromatic nitrogens is 4. The van der Waals surface area contributed by atoms with Crippen LogP contribution in [0, 0.1) is 0 Å². The number of nitrogens with one attached hydrogen (secondary N) is 1. The molecule has 1 aromatic carbocycles. The Morgan fingerprint density at radius 3 is 2.81 bits per heavy atom. The van der Waals surface area contributed by atoms with Crippen molar-refractivity contribution >= 4 is 22.9 Å². The molecule has 0 unspecified atom stereocenters. The molecule has 158 valence electrons. The van der Waals surface area contributed by atoms with Gasteiger partial charge in [0, 0.05) is 23.5 Å². The van der Waals surface area contributed by atoms with Crippen molar-refractivity contribution in [3.8, 4) is 22.9 Å². The molecule has 0 bridgehead atoms. The van der Waals surface area contributed by atoms with Crippen LogP contribution in [0.25, 0.3) is 22.7 Å². The molecule has 0 aliphatic rings. The third kappa shape index (κ3) is 4.13. The Morgan fingerprint density at radius 1 is 1.16 bits per heavy atom. The summed E-state index contributed by atoms with van der Waals surface area (Å²) in [5, 5.41) is 18.2. The van der Waals surface area contributed by atoms with Gasteiger partial charge < -0.3 is 19.9 Å². The lowest BCUT2D eigenvalue weighted by atomic mass is 10.1. The van der Waals surface area contributed by atoms with E-state index in [0.29, 0.717) is 23.1 Å². The minimum absolute atomic E-state index is 0.251. The first-order valence-electron chi connectivity index (χ1n) is 9.83. The van der Waals surface area contributed by atoms with Crippen molar-refractivity contribution in [1.29, 1.82) is 0 Å². The van der Waals surface area contributed by atoms with E-state index < -0.39 is 0 Å². The maximum absolute atomic E-state index is 10.3. The number of allylic oxidation sites excluding steroid dienone is 1. The summed E-state index contributed by atoms with van der Waals surface area (Å²) < 4.78 is 12.3. The first-order valence-corrected chi connectivity index (χ1v) is 9.83. The fourth-order valence-electron chi connectivity index (χ4n) is 3.24. The fourth-order valence-corrected chi connectivity index (χ4v) is 3.24. The smallest absolute Gasteiger partial charge is 0.258 e. The monoisotopic (exact) mass is 417 g/mol. The predicted molar refractivity (Wildman–Crippen MR) is 120 cm³/mol. The average Bonchev–Trinajstić information content (AvgIpc) is 3.28. The van der Waals surface area contributed by atoms with Gasteiger partial charge in [-0.2, -0.15) is 10.1 Å². The van der Waals surface area contributed by atoms with Gasteiger partial charge in [0.15, 0.2) is 11.4 Å². The third-order valence-electron chi connectivity index (χ3n) is 4.71. The third-order valence-corrected chi connectivity index (χ3v) is 4.71. The summed E-state index contributed by atoms with van der Waals surface area (Å²) in [5.74, 6) is 1.76. The number of imidazole rings is 1. The van der Waals surface area contributed by atoms with Gasteiger partial charge >= 0.3 is 0 Å². The lowest BCUT2D eigenvalue weighted by Gasteiger charge is -2.12. The molecule has 0 radical (unpaired) electrons. The van der Waals surface area contributed by atoms with Gasteiger partial charge in [0.2, 0.25) is 0 Å². The zero-order valence-electron chi connectivity index (χ0n) is 17.5. The Labute approximate surface area is 179 Å². The molecule has 31 heavy (non-hydrogen) atoms. The van der Waals surface area contributed by atoms with Crippen LogP contribution in [0.3, 0.4) is 0 Å². The van der Waals surface area contributed by atoms with Crippen molar-refractivity contribution in [2.45, 2.75) is 13.3 Å². The van der Waals surface area contributed by atoms with Gasteiger partial charge in [-0.15, -0.1) is 0 Å². The number of ether oxygens (including phenoxy) is 2. The standard InChI is InChI=1S/C23H23N5O3/c1-4-6-19(29)16-8-5-7-15(13-16)17-14-18(22-24-11-12-28(22)27-17)25-21-10-9-20(30-2)23(26-21)31-3/h5-14,29H,4H2,1-3H3,(H,25,26)/b19-6+. The number of aliphatic hydroxyl groups excluding tert-OH is 1. The van der Waals surface area contributed by atoms with Gasteiger partial charge in [-0.3, -0.25) is 0 Å². The number of benzene rings is 1. The molecular formula is C23H23N5O3. The molecule has 0 aliphatic carbocycles. The molecule has 3 heterocycles. The number of pyridine rings is 1. The molecule has 0 saturated heterocycles. The highest BCUT2D eigenvalue weighted by atomic mass is 16.5. The van der Waals surface area contributed by atoms with Crippen LogP contribution in [-0.2, 0) is 0 Å². The quantitative estimate of drug-likeness (QED) is 0.415. The summed E-state index contributed by atoms with van der Waals surface area (Å²) >= 11 is 0. The van der Waals surface area contributed by atoms with Crippen LogP contribution in [0.2, 0.25) is 0 Å². The van der Waals surface area contributed by atoms with E-state index in [0.717, 1.165) is 28.9 Å². The summed E-state index contributed by atoms with van der Waals surface area (Å²) in [6.07, 6.45) is 6.00. The Bertz CT molecular complexity index is 1250. The zero-order chi connectivity index (χ0) is 21.8. The maximum Gasteiger partial charge on any atom is 0.258 e. The van der Waals surface area contributed by atoms with Crippen LogP contribution in [-0.4, -0.2) is 38.9 Å². The van der Waals surface area contributed by atoms with Crippen molar-refractivity contribution in [1.82, 2.24) is 19.6 Å². The van der Waals surface area contributed by atoms with Crippen molar-refractivity contribution < 1.29 is 14.6 Å². The van der Waals surface area contributed by atoms with Crippen LogP contribution >= 0.6 is 0 Å². The topological polar surface area (TPSA) is 93.8 Å². The molecule has 8 heteroatoms. The van der Waals surface area contributed by atoms with Gasteiger partial charge in [0.05, 0.1) is 25.6 Å². The van der Waals surface area contributed by atoms with Gasteiger partial charge in [0.25, 0.3) is 5.88 Å². The lowest BCUT2D eigenvalue weighted by molar-refractivity contribution is 0.343. The van der Waals surface area contributed by atoms with E-state index in [1.54, 1.807) is 49.3 Å². The van der Waals surface area contributed by atoms with E-state index in [1.807, 2.05) is 37.3 Å². The zero-order valence-corrected chi connectivity index (χ0v) is 17.5. The second-order valence-corrected chi connectivity index (χ2v) is 6.75. The van der Waals surface area contributed by atoms with E-state index in [-0.39, 0.29) is 5.76 Å². The summed E-state index contributed by atoms with van der Waals surface area (Å²) in [7, 11) is 3.11. The van der Waals surface area contributed by atoms with Crippen LogP contribution < -0.4 is 14.8 Å². The number of anilines is 2. The average molecular weight is 417 g/mol. The number of methoxy groups -OCH3 is 2. The summed E-state index contributed by atoms with van der Waals surface area (Å²) in [4.78, 5) is 8.85. The highest BCUT2D eigenvalue weighted by Crippen LogP contribution is 2.30. The number of hydrogen-bond acceptors (Lipinski definition) is 7. The Morgan fingerprint density at radius 2 is 2.03 bits per heavy atom. The van der Waals surface area contributed by atoms with Gasteiger partial charge in [-0.05, 0) is 36.8 Å². The van der Waals surface area contributed by atoms with Gasteiger partial charge in [-0.25, -0.2) is 9.50 Å². The number of aliphatic hydroxyl groups is 1. The van der Waals surface area contributed by atoms with E-state index in [4.69, 9.17) is 9.47 Å². The first-order chi connectivity index (χ1) is 15.1. The van der Waals surface area contributed by atoms with Crippen LogP contribution in [0.1, 0.15) is 18.9 Å². The molecule has 0 saturated carbocycles. The number of nitrogens with zero attached hydrogens (tertiary/aromatic N) is 4. The molecule has 8 nitrogen and oxygen atoms in total. The van der Waals surface area contributed by atoms with Crippen molar-refractivity contribution in [3.63, 3.8) is 0 Å². The Balaban J connectivity index is 1.76. The molecule has 0 atom stereocenters. The van der Waals surface area contributed by atoms with Crippen LogP contribution in [0.15, 0.2) is 60.9 Å². The van der Waals surface area contributed by atoms with Crippen molar-refractivity contribution in [2.24, 2.45) is 0 Å². The Kier molecular flexibility index (Phi) is 5.70. The second-order valence-electron chi connectivity index (χ2n) is 6.75. The SMILES string of the molecule is CC/C=C(/O)c1cccc(-c2cc(Nc3ccc(OC)c(OC)n3)c3nccn3n2)c1. The number of hydrogen-bond donors (Lipinski definition) is 2. The molecular weight excluding hydrogens is 394 g/mol. The number of fused-ring (bicyclic) bond motifs is 1. The summed E-state index contributed by atoms with van der Waals surface area (Å²) in [6.45, 7) is 1.98. The van der Waals surface area contributed by atoms with Crippen LogP contribution in [0.5, 0.6) is 11.6 Å². The number of rotatable bonds is 7. The highest BCUT2D eigenvalue weighted by molar-refractivity contribution is 5.78. The second kappa shape index (κ2) is 8.74. The maximum atomic E-state index is 10.3. The molecule has 2 N–H and O–H groups in total. The summed E-state index contributed by atoms with van der Waals surface area (Å²) in [6, 6.07) is 13.1. The lowest BCUT2D eigenvalue weighted by Crippen LogP contribution is -2.02. The molecule has 0 aliphatic heterocycles. The first kappa shape index (κ1) is 20.2. The van der Waals surface area contributed by atoms with Gasteiger partial charge in [-0.1, -0.05) is 25.1 Å². The predicted octanol–water partition coefficient (Wildman–Crippen LogP) is 4.86. The van der Waals surface area contributed by atoms with Gasteiger partial charge in [0.1, 0.15) is 11.6 Å².